The molecule has 2 bridgehead atoms. The summed E-state index contributed by atoms with van der Waals surface area (Å²) in [4.78, 5) is 44.0. The average Bonchev–Trinajstić information content (AvgIpc) is 3.61. The largest absolute Gasteiger partial charge is 0.497 e. The number of rotatable bonds is 9. The van der Waals surface area contributed by atoms with Crippen LogP contribution in [0.5, 0.6) is 5.75 Å². The van der Waals surface area contributed by atoms with Crippen LogP contribution in [0.3, 0.4) is 0 Å². The van der Waals surface area contributed by atoms with Gasteiger partial charge in [0.2, 0.25) is 17.7 Å². The van der Waals surface area contributed by atoms with E-state index in [2.05, 4.69) is 26.6 Å². The van der Waals surface area contributed by atoms with E-state index in [9.17, 15) is 19.5 Å². The third-order valence-electron chi connectivity index (χ3n) is 8.64. The van der Waals surface area contributed by atoms with Gasteiger partial charge in [-0.3, -0.25) is 14.4 Å². The number of carbonyl (C=O) groups excluding carboxylic acids is 3. The summed E-state index contributed by atoms with van der Waals surface area (Å²) >= 11 is 5.37. The second-order valence-electron chi connectivity index (χ2n) is 10.9. The molecule has 218 valence electrons. The zero-order valence-corrected chi connectivity index (χ0v) is 25.4. The van der Waals surface area contributed by atoms with Crippen molar-refractivity contribution in [3.8, 4) is 5.75 Å². The van der Waals surface area contributed by atoms with E-state index in [0.29, 0.717) is 24.4 Å². The third-order valence-corrected chi connectivity index (χ3v) is 11.9. The number of thioether (sulfide) groups is 1. The van der Waals surface area contributed by atoms with Gasteiger partial charge in [-0.15, -0.1) is 11.8 Å². The molecule has 3 heterocycles. The number of nitrogens with one attached hydrogen (secondary N) is 2. The number of benzene rings is 3. The molecule has 0 saturated carbocycles. The normalized spacial score (nSPS) is 28.3. The first kappa shape index (κ1) is 28.8. The van der Waals surface area contributed by atoms with E-state index in [4.69, 9.17) is 4.74 Å². The molecule has 3 aromatic rings. The Morgan fingerprint density at radius 3 is 2.36 bits per heavy atom. The Morgan fingerprint density at radius 1 is 1.05 bits per heavy atom. The van der Waals surface area contributed by atoms with Gasteiger partial charge in [0.15, 0.2) is 0 Å². The first-order chi connectivity index (χ1) is 20.4. The summed E-state index contributed by atoms with van der Waals surface area (Å²) in [5.41, 5.74) is 2.26. The Morgan fingerprint density at radius 2 is 1.71 bits per heavy atom. The monoisotopic (exact) mass is 649 g/mol. The van der Waals surface area contributed by atoms with E-state index in [0.717, 1.165) is 11.1 Å². The van der Waals surface area contributed by atoms with Crippen molar-refractivity contribution >= 4 is 51.1 Å². The first-order valence-corrected chi connectivity index (χ1v) is 15.7. The summed E-state index contributed by atoms with van der Waals surface area (Å²) in [6.07, 6.45) is 0.547. The molecule has 3 fully saturated rings. The summed E-state index contributed by atoms with van der Waals surface area (Å²) in [6.45, 7) is -0.00955. The van der Waals surface area contributed by atoms with Gasteiger partial charge in [-0.2, -0.15) is 0 Å². The van der Waals surface area contributed by atoms with Crippen LogP contribution in [0.15, 0.2) is 84.9 Å². The van der Waals surface area contributed by atoms with E-state index in [-0.39, 0.29) is 34.4 Å². The van der Waals surface area contributed by atoms with Crippen LogP contribution >= 0.6 is 27.7 Å². The van der Waals surface area contributed by atoms with Crippen molar-refractivity contribution < 1.29 is 24.2 Å². The lowest BCUT2D eigenvalue weighted by Crippen LogP contribution is -2.53. The molecule has 8 nitrogen and oxygen atoms in total. The minimum atomic E-state index is -0.906. The van der Waals surface area contributed by atoms with Crippen molar-refractivity contribution in [1.82, 2.24) is 10.2 Å². The number of methoxy groups -OCH3 is 1. The highest BCUT2D eigenvalue weighted by atomic mass is 79.9. The number of anilines is 1. The van der Waals surface area contributed by atoms with Crippen LogP contribution in [0, 0.1) is 11.8 Å². The van der Waals surface area contributed by atoms with Crippen molar-refractivity contribution in [3.05, 3.63) is 96.1 Å². The molecule has 0 radical (unpaired) electrons. The van der Waals surface area contributed by atoms with Gasteiger partial charge in [0, 0.05) is 22.3 Å². The fourth-order valence-corrected chi connectivity index (χ4v) is 10.4. The molecule has 7 atom stereocenters. The van der Waals surface area contributed by atoms with Crippen LogP contribution in [-0.2, 0) is 20.9 Å². The lowest BCUT2D eigenvalue weighted by Gasteiger charge is -2.37. The van der Waals surface area contributed by atoms with E-state index in [1.54, 1.807) is 48.0 Å². The van der Waals surface area contributed by atoms with Gasteiger partial charge >= 0.3 is 0 Å². The Labute approximate surface area is 257 Å². The Bertz CT molecular complexity index is 1460. The van der Waals surface area contributed by atoms with Gasteiger partial charge in [-0.1, -0.05) is 76.6 Å². The molecule has 3 aliphatic rings. The molecular formula is C32H32BrN3O5S. The van der Waals surface area contributed by atoms with Crippen molar-refractivity contribution in [2.24, 2.45) is 11.8 Å². The van der Waals surface area contributed by atoms with Gasteiger partial charge in [-0.05, 0) is 41.8 Å². The molecule has 0 aliphatic carbocycles. The summed E-state index contributed by atoms with van der Waals surface area (Å²) in [6, 6.07) is 24.3. The second kappa shape index (κ2) is 11.7. The second-order valence-corrected chi connectivity index (χ2v) is 13.7. The quantitative estimate of drug-likeness (QED) is 0.301. The fraction of sp³-hybridized carbons (Fsp3) is 0.344. The number of hydrogen-bond acceptors (Lipinski definition) is 6. The number of amides is 3. The molecule has 3 aliphatic heterocycles. The number of fused-ring (bicyclic) bond motifs is 1. The molecule has 3 aromatic carbocycles. The molecule has 1 spiro atoms. The zero-order chi connectivity index (χ0) is 29.4. The number of aliphatic hydroxyl groups is 1. The Balaban J connectivity index is 1.37. The van der Waals surface area contributed by atoms with Gasteiger partial charge in [-0.25, -0.2) is 0 Å². The smallest absolute Gasteiger partial charge is 0.248 e. The van der Waals surface area contributed by atoms with E-state index < -0.39 is 28.7 Å². The molecule has 10 heteroatoms. The molecule has 3 N–H and O–H groups in total. The number of halogens is 1. The lowest BCUT2D eigenvalue weighted by atomic mass is 9.70. The average molecular weight is 651 g/mol. The number of alkyl halides is 1. The number of aliphatic hydroxyl groups excluding tert-OH is 1. The summed E-state index contributed by atoms with van der Waals surface area (Å²) in [5.74, 6) is -1.49. The SMILES string of the molecule is COc1ccc(NC(=O)C2N([C@H](CO)c3ccccc3)C(=O)[C@@H]3[C@@H](C(=O)NCc4ccccc4)[C@@H]4SC23CC4Br)cc1. The number of carbonyl (C=O) groups is 3. The molecule has 3 saturated heterocycles. The number of hydrogen-bond donors (Lipinski definition) is 3. The predicted molar refractivity (Wildman–Crippen MR) is 165 cm³/mol. The number of ether oxygens (including phenoxy) is 1. The highest BCUT2D eigenvalue weighted by Crippen LogP contribution is 2.68. The standard InChI is InChI=1S/C32H32BrN3O5S/c1-41-22-14-12-21(13-15-22)35-30(39)28-32-16-23(33)27(42-32)25(29(38)34-17-19-8-4-2-5-9-19)26(32)31(40)36(28)24(18-37)20-10-6-3-7-11-20/h2-15,23-28,37H,16-18H2,1H3,(H,34,38)(H,35,39)/t23?,24-,25-,26+,27-,28?,32?/m1/s1. The summed E-state index contributed by atoms with van der Waals surface area (Å²) < 4.78 is 4.41. The van der Waals surface area contributed by atoms with Gasteiger partial charge in [0.05, 0.1) is 36.3 Å². The maximum atomic E-state index is 14.5. The summed E-state index contributed by atoms with van der Waals surface area (Å²) in [5, 5.41) is 16.5. The number of nitrogens with zero attached hydrogens (tertiary/aromatic N) is 1. The maximum Gasteiger partial charge on any atom is 0.248 e. The lowest BCUT2D eigenvalue weighted by molar-refractivity contribution is -0.142. The molecular weight excluding hydrogens is 618 g/mol. The first-order valence-electron chi connectivity index (χ1n) is 13.9. The minimum Gasteiger partial charge on any atom is -0.497 e. The van der Waals surface area contributed by atoms with Crippen LogP contribution in [0.4, 0.5) is 5.69 Å². The van der Waals surface area contributed by atoms with E-state index in [1.165, 1.54) is 0 Å². The van der Waals surface area contributed by atoms with Crippen molar-refractivity contribution in [1.29, 1.82) is 0 Å². The van der Waals surface area contributed by atoms with Crippen LogP contribution in [0.1, 0.15) is 23.6 Å². The predicted octanol–water partition coefficient (Wildman–Crippen LogP) is 4.15. The molecule has 3 unspecified atom stereocenters. The molecule has 6 rings (SSSR count). The Hall–Kier alpha value is -3.34. The third kappa shape index (κ3) is 4.89. The van der Waals surface area contributed by atoms with Crippen LogP contribution in [-0.4, -0.2) is 62.3 Å². The van der Waals surface area contributed by atoms with Crippen LogP contribution in [0.25, 0.3) is 0 Å². The highest BCUT2D eigenvalue weighted by Gasteiger charge is 2.76. The Kier molecular flexibility index (Phi) is 8.04. The van der Waals surface area contributed by atoms with Gasteiger partial charge < -0.3 is 25.4 Å². The number of likely N-dealkylation sites (tertiary alicyclic amines) is 1. The van der Waals surface area contributed by atoms with E-state index >= 15 is 0 Å². The molecule has 42 heavy (non-hydrogen) atoms. The van der Waals surface area contributed by atoms with Crippen LogP contribution < -0.4 is 15.4 Å². The van der Waals surface area contributed by atoms with Crippen molar-refractivity contribution in [3.63, 3.8) is 0 Å². The van der Waals surface area contributed by atoms with Crippen molar-refractivity contribution in [2.45, 2.75) is 39.9 Å². The minimum absolute atomic E-state index is 0.0560. The molecule has 0 aromatic heterocycles. The van der Waals surface area contributed by atoms with Gasteiger partial charge in [0.25, 0.3) is 0 Å². The van der Waals surface area contributed by atoms with Gasteiger partial charge in [0.1, 0.15) is 11.8 Å². The van der Waals surface area contributed by atoms with E-state index in [1.807, 2.05) is 60.7 Å². The highest BCUT2D eigenvalue weighted by molar-refractivity contribution is 9.09. The fourth-order valence-electron chi connectivity index (χ4n) is 6.82. The maximum absolute atomic E-state index is 14.5. The molecule has 3 amide bonds. The topological polar surface area (TPSA) is 108 Å². The van der Waals surface area contributed by atoms with Crippen molar-refractivity contribution in [2.75, 3.05) is 19.0 Å². The zero-order valence-electron chi connectivity index (χ0n) is 23.0. The van der Waals surface area contributed by atoms with Crippen LogP contribution in [0.2, 0.25) is 0 Å². The summed E-state index contributed by atoms with van der Waals surface area (Å²) in [7, 11) is 1.57.